The summed E-state index contributed by atoms with van der Waals surface area (Å²) in [6.45, 7) is 10.4. The molecule has 1 atom stereocenters. The fourth-order valence-corrected chi connectivity index (χ4v) is 8.08. The Morgan fingerprint density at radius 1 is 1.06 bits per heavy atom. The summed E-state index contributed by atoms with van der Waals surface area (Å²) in [7, 11) is 1.96. The van der Waals surface area contributed by atoms with Gasteiger partial charge in [-0.25, -0.2) is 9.97 Å². The molecule has 250 valence electrons. The van der Waals surface area contributed by atoms with Gasteiger partial charge in [-0.15, -0.1) is 11.3 Å². The number of likely N-dealkylation sites (N-methyl/N-ethyl adjacent to an activating group) is 1. The van der Waals surface area contributed by atoms with Crippen molar-refractivity contribution < 1.29 is 19.1 Å². The monoisotopic (exact) mass is 674 g/mol. The van der Waals surface area contributed by atoms with E-state index in [0.29, 0.717) is 68.2 Å². The third-order valence-corrected chi connectivity index (χ3v) is 11.0. The van der Waals surface area contributed by atoms with Crippen LogP contribution in [0.2, 0.25) is 0 Å². The molecule has 0 unspecified atom stereocenters. The summed E-state index contributed by atoms with van der Waals surface area (Å²) in [4.78, 5) is 41.2. The van der Waals surface area contributed by atoms with E-state index >= 15 is 0 Å². The van der Waals surface area contributed by atoms with Crippen molar-refractivity contribution in [2.75, 3.05) is 33.2 Å². The van der Waals surface area contributed by atoms with Crippen LogP contribution in [0.15, 0.2) is 52.9 Å². The number of hydrogen-bond donors (Lipinski definition) is 1. The molecule has 0 aliphatic carbocycles. The lowest BCUT2D eigenvalue weighted by Gasteiger charge is -2.20. The molecule has 3 aromatic carbocycles. The molecule has 1 N–H and O–H groups in total. The minimum absolute atomic E-state index is 0.130. The number of carboxylic acid groups (broad SMARTS) is 1. The van der Waals surface area contributed by atoms with Gasteiger partial charge >= 0.3 is 5.97 Å². The number of benzene rings is 3. The first-order valence-electron chi connectivity index (χ1n) is 16.6. The zero-order valence-electron chi connectivity index (χ0n) is 28.1. The van der Waals surface area contributed by atoms with Crippen molar-refractivity contribution in [1.29, 1.82) is 5.26 Å². The molecule has 49 heavy (non-hydrogen) atoms. The van der Waals surface area contributed by atoms with Crippen LogP contribution in [0.5, 0.6) is 0 Å². The number of nitriles is 1. The van der Waals surface area contributed by atoms with E-state index in [2.05, 4.69) is 49.1 Å². The highest BCUT2D eigenvalue weighted by Crippen LogP contribution is 2.40. The number of likely N-dealkylation sites (tertiary alicyclic amines) is 1. The van der Waals surface area contributed by atoms with Crippen molar-refractivity contribution in [3.05, 3.63) is 81.4 Å². The summed E-state index contributed by atoms with van der Waals surface area (Å²) >= 11 is 1.66. The number of hydrogen-bond acceptors (Lipinski definition) is 9. The molecule has 0 spiro atoms. The molecule has 0 bridgehead atoms. The number of carboxylic acids is 1. The van der Waals surface area contributed by atoms with Gasteiger partial charge in [-0.2, -0.15) is 5.26 Å². The Morgan fingerprint density at radius 2 is 1.78 bits per heavy atom. The van der Waals surface area contributed by atoms with Crippen molar-refractivity contribution in [1.82, 2.24) is 24.7 Å². The Bertz CT molecular complexity index is 2120. The third kappa shape index (κ3) is 6.23. The smallest absolute Gasteiger partial charge is 0.307 e. The van der Waals surface area contributed by atoms with Gasteiger partial charge in [0.25, 0.3) is 0 Å². The van der Waals surface area contributed by atoms with E-state index in [0.717, 1.165) is 61.1 Å². The number of rotatable bonds is 9. The summed E-state index contributed by atoms with van der Waals surface area (Å²) in [5.74, 6) is -0.546. The maximum atomic E-state index is 12.8. The summed E-state index contributed by atoms with van der Waals surface area (Å²) in [5, 5.41) is 20.3. The number of thiazole rings is 1. The number of aliphatic carboxylic acids is 1. The lowest BCUT2D eigenvalue weighted by molar-refractivity contribution is -0.141. The second-order valence-electron chi connectivity index (χ2n) is 13.1. The third-order valence-electron chi connectivity index (χ3n) is 9.87. The summed E-state index contributed by atoms with van der Waals surface area (Å²) in [5.41, 5.74) is 9.56. The van der Waals surface area contributed by atoms with Gasteiger partial charge < -0.3 is 14.4 Å². The fraction of sp³-hybridized carbons (Fsp3) is 0.342. The SMILES string of the molecule is CCN(C)CC(=O)N1Cc2nc(-c3cccc(-c4cccc(-c5nc6cc(CN7CC[C@@H](C(=O)O)C7)cc(C#N)c6o5)c4C)c3C)sc2C1. The molecule has 10 nitrogen and oxygen atoms in total. The van der Waals surface area contributed by atoms with Crippen molar-refractivity contribution >= 4 is 34.3 Å². The van der Waals surface area contributed by atoms with Crippen molar-refractivity contribution in [2.24, 2.45) is 5.92 Å². The van der Waals surface area contributed by atoms with Crippen molar-refractivity contribution in [3.8, 4) is 39.2 Å². The number of amides is 1. The van der Waals surface area contributed by atoms with E-state index in [1.807, 2.05) is 48.0 Å². The second kappa shape index (κ2) is 13.2. The fourth-order valence-electron chi connectivity index (χ4n) is 6.91. The van der Waals surface area contributed by atoms with Crippen molar-refractivity contribution in [3.63, 3.8) is 0 Å². The zero-order chi connectivity index (χ0) is 34.4. The average Bonchev–Trinajstić information content (AvgIpc) is 3.88. The number of carbonyl (C=O) groups excluding carboxylic acids is 1. The van der Waals surface area contributed by atoms with Crippen LogP contribution in [-0.4, -0.2) is 74.9 Å². The second-order valence-corrected chi connectivity index (χ2v) is 14.2. The molecule has 5 aromatic rings. The van der Waals surface area contributed by atoms with Gasteiger partial charge in [-0.1, -0.05) is 37.3 Å². The Kier molecular flexibility index (Phi) is 8.79. The van der Waals surface area contributed by atoms with Gasteiger partial charge in [0.1, 0.15) is 16.6 Å². The molecule has 2 aliphatic rings. The number of carbonyl (C=O) groups is 2. The standard InChI is InChI=1S/C38H38N6O4S/c1-5-42(4)21-34(45)44-19-32-33(20-44)49-37(41-32)30-11-7-9-28(23(30)3)27-8-6-10-29(22(27)2)36-40-31-15-24(14-26(16-39)35(31)48-36)17-43-13-12-25(18-43)38(46)47/h6-11,14-15,25H,5,12-13,17-21H2,1-4H3,(H,46,47)/t25-/m1/s1. The molecule has 1 fully saturated rings. The Morgan fingerprint density at radius 3 is 2.45 bits per heavy atom. The molecular weight excluding hydrogens is 637 g/mol. The molecule has 2 aliphatic heterocycles. The highest BCUT2D eigenvalue weighted by atomic mass is 32.1. The molecule has 7 rings (SSSR count). The molecule has 1 saturated heterocycles. The minimum atomic E-state index is -0.764. The summed E-state index contributed by atoms with van der Waals surface area (Å²) in [6.07, 6.45) is 0.624. The predicted molar refractivity (Wildman–Crippen MR) is 189 cm³/mol. The minimum Gasteiger partial charge on any atom is -0.481 e. The van der Waals surface area contributed by atoms with Gasteiger partial charge in [-0.3, -0.25) is 19.4 Å². The van der Waals surface area contributed by atoms with Crippen LogP contribution >= 0.6 is 11.3 Å². The average molecular weight is 675 g/mol. The molecule has 0 radical (unpaired) electrons. The van der Waals surface area contributed by atoms with E-state index in [1.54, 1.807) is 11.3 Å². The van der Waals surface area contributed by atoms with Crippen LogP contribution in [0.4, 0.5) is 0 Å². The van der Waals surface area contributed by atoms with Crippen LogP contribution in [0.1, 0.15) is 46.2 Å². The van der Waals surface area contributed by atoms with E-state index < -0.39 is 5.97 Å². The van der Waals surface area contributed by atoms with E-state index in [9.17, 15) is 20.0 Å². The lowest BCUT2D eigenvalue weighted by atomic mass is 9.91. The van der Waals surface area contributed by atoms with Gasteiger partial charge in [0.2, 0.25) is 11.8 Å². The van der Waals surface area contributed by atoms with Crippen molar-refractivity contribution in [2.45, 2.75) is 46.8 Å². The molecule has 2 aromatic heterocycles. The van der Waals surface area contributed by atoms with Gasteiger partial charge in [0.05, 0.1) is 36.8 Å². The Balaban J connectivity index is 1.16. The first kappa shape index (κ1) is 32.6. The first-order valence-corrected chi connectivity index (χ1v) is 17.4. The van der Waals surface area contributed by atoms with E-state index in [4.69, 9.17) is 14.4 Å². The maximum absolute atomic E-state index is 12.8. The van der Waals surface area contributed by atoms with Crippen LogP contribution in [0, 0.1) is 31.1 Å². The molecular formula is C38H38N6O4S. The van der Waals surface area contributed by atoms with Gasteiger partial charge in [0, 0.05) is 29.1 Å². The number of nitrogens with zero attached hydrogens (tertiary/aromatic N) is 6. The topological polar surface area (TPSA) is 127 Å². The molecule has 0 saturated carbocycles. The van der Waals surface area contributed by atoms with Gasteiger partial charge in [0.15, 0.2) is 5.58 Å². The number of aromatic nitrogens is 2. The molecule has 11 heteroatoms. The van der Waals surface area contributed by atoms with Crippen LogP contribution in [-0.2, 0) is 29.2 Å². The quantitative estimate of drug-likeness (QED) is 0.187. The molecule has 1 amide bonds. The van der Waals surface area contributed by atoms with Crippen LogP contribution in [0.25, 0.3) is 44.3 Å². The highest BCUT2D eigenvalue weighted by molar-refractivity contribution is 7.15. The zero-order valence-corrected chi connectivity index (χ0v) is 28.9. The maximum Gasteiger partial charge on any atom is 0.307 e. The molecule has 4 heterocycles. The van der Waals surface area contributed by atoms with Gasteiger partial charge in [-0.05, 0) is 86.4 Å². The highest BCUT2D eigenvalue weighted by Gasteiger charge is 2.30. The normalized spacial score (nSPS) is 16.1. The Hall–Kier alpha value is -4.89. The van der Waals surface area contributed by atoms with Crippen LogP contribution in [0.3, 0.4) is 0 Å². The Labute approximate surface area is 289 Å². The van der Waals surface area contributed by atoms with E-state index in [-0.39, 0.29) is 11.8 Å². The number of oxazole rings is 1. The van der Waals surface area contributed by atoms with Crippen LogP contribution < -0.4 is 0 Å². The summed E-state index contributed by atoms with van der Waals surface area (Å²) in [6, 6.07) is 18.4. The number of fused-ring (bicyclic) bond motifs is 2. The summed E-state index contributed by atoms with van der Waals surface area (Å²) < 4.78 is 6.27. The predicted octanol–water partition coefficient (Wildman–Crippen LogP) is 6.47. The van der Waals surface area contributed by atoms with E-state index in [1.165, 1.54) is 0 Å². The lowest BCUT2D eigenvalue weighted by Crippen LogP contribution is -2.35. The largest absolute Gasteiger partial charge is 0.481 e. The first-order chi connectivity index (χ1) is 23.6.